The number of rotatable bonds is 2. The monoisotopic (exact) mass is 339 g/mol. The van der Waals surface area contributed by atoms with E-state index in [0.29, 0.717) is 0 Å². The van der Waals surface area contributed by atoms with E-state index in [9.17, 15) is 4.79 Å². The van der Waals surface area contributed by atoms with Gasteiger partial charge in [-0.25, -0.2) is 4.98 Å². The van der Waals surface area contributed by atoms with Crippen molar-refractivity contribution < 1.29 is 4.79 Å². The maximum atomic E-state index is 13.2. The molecular formula is C19H21N3OS. The number of likely N-dealkylation sites (tertiary alicyclic amines) is 1. The smallest absolute Gasteiger partial charge is 0.266 e. The number of piperidine rings is 1. The van der Waals surface area contributed by atoms with Crippen LogP contribution in [0.15, 0.2) is 30.5 Å². The lowest BCUT2D eigenvalue weighted by molar-refractivity contribution is 0.0729. The Bertz CT molecular complexity index is 883. The number of amides is 1. The number of hydrogen-bond acceptors (Lipinski definition) is 3. The molecule has 124 valence electrons. The molecular weight excluding hydrogens is 318 g/mol. The summed E-state index contributed by atoms with van der Waals surface area (Å²) in [5.41, 5.74) is 3.28. The minimum atomic E-state index is 0.153. The highest BCUT2D eigenvalue weighted by Crippen LogP contribution is 2.36. The zero-order valence-corrected chi connectivity index (χ0v) is 14.9. The van der Waals surface area contributed by atoms with Crippen molar-refractivity contribution in [1.82, 2.24) is 14.5 Å². The Morgan fingerprint density at radius 2 is 1.79 bits per heavy atom. The van der Waals surface area contributed by atoms with Crippen LogP contribution in [-0.2, 0) is 0 Å². The number of aromatic nitrogens is 2. The fourth-order valence-electron chi connectivity index (χ4n) is 3.55. The summed E-state index contributed by atoms with van der Waals surface area (Å²) in [6.45, 7) is 5.90. The number of thiophene rings is 1. The van der Waals surface area contributed by atoms with Gasteiger partial charge in [-0.1, -0.05) is 0 Å². The molecule has 1 aliphatic heterocycles. The first-order valence-electron chi connectivity index (χ1n) is 8.49. The maximum Gasteiger partial charge on any atom is 0.266 e. The summed E-state index contributed by atoms with van der Waals surface area (Å²) in [4.78, 5) is 21.4. The predicted molar refractivity (Wildman–Crippen MR) is 98.2 cm³/mol. The highest BCUT2D eigenvalue weighted by molar-refractivity contribution is 7.21. The quantitative estimate of drug-likeness (QED) is 0.697. The molecule has 1 saturated heterocycles. The standard InChI is InChI=1S/C19H21N3OS/c1-13-8-9-14(2)22(13)16-15-7-6-10-20-18(15)24-17(16)19(23)21-11-4-3-5-12-21/h6-10H,3-5,11-12H2,1-2H3. The highest BCUT2D eigenvalue weighted by atomic mass is 32.1. The summed E-state index contributed by atoms with van der Waals surface area (Å²) >= 11 is 1.52. The number of nitrogens with zero attached hydrogens (tertiary/aromatic N) is 3. The van der Waals surface area contributed by atoms with Gasteiger partial charge in [0.15, 0.2) is 0 Å². The van der Waals surface area contributed by atoms with Gasteiger partial charge in [0.25, 0.3) is 5.91 Å². The van der Waals surface area contributed by atoms with Gasteiger partial charge < -0.3 is 9.47 Å². The SMILES string of the molecule is Cc1ccc(C)n1-c1c(C(=O)N2CCCCC2)sc2ncccc12. The van der Waals surface area contributed by atoms with E-state index in [1.807, 2.05) is 11.0 Å². The Morgan fingerprint density at radius 1 is 1.08 bits per heavy atom. The van der Waals surface area contributed by atoms with Gasteiger partial charge >= 0.3 is 0 Å². The lowest BCUT2D eigenvalue weighted by Gasteiger charge is -2.26. The van der Waals surface area contributed by atoms with Crippen molar-refractivity contribution in [2.24, 2.45) is 0 Å². The molecule has 0 aromatic carbocycles. The molecule has 3 aromatic rings. The average molecular weight is 339 g/mol. The third-order valence-electron chi connectivity index (χ3n) is 4.77. The Labute approximate surface area is 145 Å². The molecule has 0 N–H and O–H groups in total. The minimum absolute atomic E-state index is 0.153. The molecule has 1 amide bonds. The van der Waals surface area contributed by atoms with E-state index in [4.69, 9.17) is 0 Å². The van der Waals surface area contributed by atoms with Crippen LogP contribution in [0.25, 0.3) is 15.9 Å². The molecule has 4 nitrogen and oxygen atoms in total. The fourth-order valence-corrected chi connectivity index (χ4v) is 4.64. The Hall–Kier alpha value is -2.14. The molecule has 1 fully saturated rings. The molecule has 0 spiro atoms. The number of carbonyl (C=O) groups is 1. The van der Waals surface area contributed by atoms with Crippen LogP contribution in [0.3, 0.4) is 0 Å². The van der Waals surface area contributed by atoms with E-state index < -0.39 is 0 Å². The topological polar surface area (TPSA) is 38.1 Å². The van der Waals surface area contributed by atoms with Crippen LogP contribution in [0.1, 0.15) is 40.3 Å². The summed E-state index contributed by atoms with van der Waals surface area (Å²) in [5, 5.41) is 1.06. The van der Waals surface area contributed by atoms with Crippen molar-refractivity contribution in [2.45, 2.75) is 33.1 Å². The van der Waals surface area contributed by atoms with Crippen LogP contribution < -0.4 is 0 Å². The van der Waals surface area contributed by atoms with Crippen molar-refractivity contribution in [3.8, 4) is 5.69 Å². The second-order valence-corrected chi connectivity index (χ2v) is 7.44. The molecule has 0 radical (unpaired) electrons. The van der Waals surface area contributed by atoms with Crippen LogP contribution in [0.4, 0.5) is 0 Å². The Balaban J connectivity index is 1.92. The first-order chi connectivity index (χ1) is 11.7. The molecule has 1 aliphatic rings. The van der Waals surface area contributed by atoms with Crippen molar-refractivity contribution >= 4 is 27.5 Å². The van der Waals surface area contributed by atoms with E-state index in [1.54, 1.807) is 6.20 Å². The number of fused-ring (bicyclic) bond motifs is 1. The normalized spacial score (nSPS) is 15.2. The van der Waals surface area contributed by atoms with Crippen molar-refractivity contribution in [1.29, 1.82) is 0 Å². The zero-order chi connectivity index (χ0) is 16.7. The van der Waals surface area contributed by atoms with Gasteiger partial charge in [-0.15, -0.1) is 11.3 Å². The first-order valence-corrected chi connectivity index (χ1v) is 9.30. The van der Waals surface area contributed by atoms with Crippen molar-refractivity contribution in [2.75, 3.05) is 13.1 Å². The maximum absolute atomic E-state index is 13.2. The van der Waals surface area contributed by atoms with Crippen LogP contribution in [0, 0.1) is 13.8 Å². The van der Waals surface area contributed by atoms with Gasteiger partial charge in [-0.3, -0.25) is 4.79 Å². The van der Waals surface area contributed by atoms with Crippen LogP contribution in [-0.4, -0.2) is 33.4 Å². The number of hydrogen-bond donors (Lipinski definition) is 0. The molecule has 4 rings (SSSR count). The fraction of sp³-hybridized carbons (Fsp3) is 0.368. The molecule has 0 bridgehead atoms. The van der Waals surface area contributed by atoms with Gasteiger partial charge in [-0.2, -0.15) is 0 Å². The van der Waals surface area contributed by atoms with Gasteiger partial charge in [0.1, 0.15) is 9.71 Å². The van der Waals surface area contributed by atoms with Crippen LogP contribution in [0.2, 0.25) is 0 Å². The summed E-state index contributed by atoms with van der Waals surface area (Å²) in [5.74, 6) is 0.153. The Morgan fingerprint density at radius 3 is 2.50 bits per heavy atom. The van der Waals surface area contributed by atoms with E-state index in [0.717, 1.165) is 58.1 Å². The molecule has 3 aromatic heterocycles. The van der Waals surface area contributed by atoms with Gasteiger partial charge in [0.2, 0.25) is 0 Å². The average Bonchev–Trinajstić information content (AvgIpc) is 3.15. The highest BCUT2D eigenvalue weighted by Gasteiger charge is 2.26. The molecule has 0 saturated carbocycles. The van der Waals surface area contributed by atoms with Crippen LogP contribution >= 0.6 is 11.3 Å². The summed E-state index contributed by atoms with van der Waals surface area (Å²) < 4.78 is 2.19. The number of aryl methyl sites for hydroxylation is 2. The summed E-state index contributed by atoms with van der Waals surface area (Å²) in [6.07, 6.45) is 5.23. The Kier molecular flexibility index (Phi) is 3.88. The van der Waals surface area contributed by atoms with Crippen molar-refractivity contribution in [3.63, 3.8) is 0 Å². The molecule has 5 heteroatoms. The molecule has 4 heterocycles. The first kappa shape index (κ1) is 15.4. The lowest BCUT2D eigenvalue weighted by atomic mass is 10.1. The second kappa shape index (κ2) is 6.06. The van der Waals surface area contributed by atoms with E-state index in [-0.39, 0.29) is 5.91 Å². The van der Waals surface area contributed by atoms with E-state index in [2.05, 4.69) is 41.6 Å². The van der Waals surface area contributed by atoms with E-state index >= 15 is 0 Å². The minimum Gasteiger partial charge on any atom is -0.338 e. The number of carbonyl (C=O) groups excluding carboxylic acids is 1. The van der Waals surface area contributed by atoms with Crippen LogP contribution in [0.5, 0.6) is 0 Å². The predicted octanol–water partition coefficient (Wildman–Crippen LogP) is 4.33. The van der Waals surface area contributed by atoms with Gasteiger partial charge in [-0.05, 0) is 57.4 Å². The molecule has 0 aliphatic carbocycles. The van der Waals surface area contributed by atoms with Gasteiger partial charge in [0.05, 0.1) is 5.69 Å². The molecule has 0 unspecified atom stereocenters. The number of pyridine rings is 1. The van der Waals surface area contributed by atoms with E-state index in [1.165, 1.54) is 17.8 Å². The molecule has 24 heavy (non-hydrogen) atoms. The third kappa shape index (κ3) is 2.44. The summed E-state index contributed by atoms with van der Waals surface area (Å²) in [7, 11) is 0. The molecule has 0 atom stereocenters. The second-order valence-electron chi connectivity index (χ2n) is 6.44. The zero-order valence-electron chi connectivity index (χ0n) is 14.1. The summed E-state index contributed by atoms with van der Waals surface area (Å²) in [6, 6.07) is 8.22. The third-order valence-corrected chi connectivity index (χ3v) is 5.86. The largest absolute Gasteiger partial charge is 0.338 e. The lowest BCUT2D eigenvalue weighted by Crippen LogP contribution is -2.35. The van der Waals surface area contributed by atoms with Gasteiger partial charge in [0, 0.05) is 36.1 Å². The van der Waals surface area contributed by atoms with Crippen molar-refractivity contribution in [3.05, 3.63) is 46.7 Å².